The van der Waals surface area contributed by atoms with Crippen LogP contribution in [0.15, 0.2) is 16.7 Å². The van der Waals surface area contributed by atoms with Crippen LogP contribution < -0.4 is 9.74 Å². The fourth-order valence-corrected chi connectivity index (χ4v) is 3.66. The second kappa shape index (κ2) is 5.21. The Hall–Kier alpha value is -0.650. The van der Waals surface area contributed by atoms with Crippen molar-refractivity contribution in [2.75, 3.05) is 4.42 Å². The van der Waals surface area contributed by atoms with Crippen LogP contribution in [0.4, 0.5) is 5.82 Å². The predicted molar refractivity (Wildman–Crippen MR) is 87.4 cm³/mol. The fourth-order valence-electron chi connectivity index (χ4n) is 3.10. The molecule has 1 aromatic heterocycles. The van der Waals surface area contributed by atoms with Gasteiger partial charge < -0.3 is 5.32 Å². The molecule has 0 bridgehead atoms. The number of hydrogen-bond acceptors (Lipinski definition) is 3. The molecular formula is C15H19BrClN3O. The molecule has 3 rings (SSSR count). The lowest BCUT2D eigenvalue weighted by Crippen LogP contribution is -2.41. The molecule has 1 amide bonds. The number of carbonyl (C=O) groups excluding carboxylic acids is 1. The van der Waals surface area contributed by atoms with E-state index in [1.54, 1.807) is 0 Å². The van der Waals surface area contributed by atoms with Crippen molar-refractivity contribution in [3.8, 4) is 0 Å². The average molecular weight is 373 g/mol. The molecular weight excluding hydrogens is 354 g/mol. The molecule has 1 N–H and O–H groups in total. The van der Waals surface area contributed by atoms with Gasteiger partial charge in [-0.25, -0.2) is 9.40 Å². The first-order valence-corrected chi connectivity index (χ1v) is 8.37. The molecule has 3 atom stereocenters. The second-order valence-electron chi connectivity index (χ2n) is 6.65. The molecule has 2 fully saturated rings. The second-order valence-corrected chi connectivity index (χ2v) is 7.81. The molecule has 1 saturated carbocycles. The lowest BCUT2D eigenvalue weighted by Gasteiger charge is -2.22. The number of nitrogens with one attached hydrogen (secondary N) is 1. The highest BCUT2D eigenvalue weighted by molar-refractivity contribution is 9.10. The third-order valence-electron chi connectivity index (χ3n) is 4.60. The topological polar surface area (TPSA) is 45.2 Å². The van der Waals surface area contributed by atoms with Crippen LogP contribution in [0.3, 0.4) is 0 Å². The van der Waals surface area contributed by atoms with E-state index in [2.05, 4.69) is 47.0 Å². The number of halogens is 2. The first-order valence-electron chi connectivity index (χ1n) is 7.24. The van der Waals surface area contributed by atoms with Crippen LogP contribution in [0.1, 0.15) is 45.1 Å². The normalized spacial score (nSPS) is 30.4. The van der Waals surface area contributed by atoms with Gasteiger partial charge in [0.25, 0.3) is 5.91 Å². The lowest BCUT2D eigenvalue weighted by molar-refractivity contribution is -0.119. The molecule has 0 aromatic carbocycles. The van der Waals surface area contributed by atoms with Gasteiger partial charge in [-0.3, -0.25) is 4.79 Å². The van der Waals surface area contributed by atoms with Crippen molar-refractivity contribution in [2.24, 2.45) is 5.41 Å². The van der Waals surface area contributed by atoms with Gasteiger partial charge in [-0.1, -0.05) is 26.8 Å². The highest BCUT2D eigenvalue weighted by Crippen LogP contribution is 2.54. The number of fused-ring (bicyclic) bond motifs is 1. The van der Waals surface area contributed by atoms with Crippen molar-refractivity contribution in [3.05, 3.63) is 22.3 Å². The van der Waals surface area contributed by atoms with Gasteiger partial charge >= 0.3 is 0 Å². The Morgan fingerprint density at radius 1 is 1.52 bits per heavy atom. The van der Waals surface area contributed by atoms with E-state index in [0.29, 0.717) is 16.5 Å². The number of nitrogens with zero attached hydrogens (tertiary/aromatic N) is 2. The minimum absolute atomic E-state index is 0.113. The summed E-state index contributed by atoms with van der Waals surface area (Å²) in [6, 6.07) is 4.10. The van der Waals surface area contributed by atoms with E-state index in [4.69, 9.17) is 11.8 Å². The van der Waals surface area contributed by atoms with Crippen LogP contribution in [0, 0.1) is 5.41 Å². The van der Waals surface area contributed by atoms with Gasteiger partial charge in [0.2, 0.25) is 0 Å². The number of carbonyl (C=O) groups is 1. The maximum absolute atomic E-state index is 12.6. The Kier molecular flexibility index (Phi) is 3.79. The molecule has 1 saturated heterocycles. The Morgan fingerprint density at radius 3 is 2.81 bits per heavy atom. The summed E-state index contributed by atoms with van der Waals surface area (Å²) in [5, 5.41) is 3.37. The third-order valence-corrected chi connectivity index (χ3v) is 5.36. The largest absolute Gasteiger partial charge is 0.302 e. The van der Waals surface area contributed by atoms with Crippen LogP contribution in [0.25, 0.3) is 0 Å². The van der Waals surface area contributed by atoms with Crippen molar-refractivity contribution < 1.29 is 4.79 Å². The lowest BCUT2D eigenvalue weighted by atomic mass is 10.0. The van der Waals surface area contributed by atoms with Gasteiger partial charge in [0, 0.05) is 17.8 Å². The Morgan fingerprint density at radius 2 is 2.24 bits per heavy atom. The first kappa shape index (κ1) is 15.3. The van der Waals surface area contributed by atoms with Crippen LogP contribution in [0.2, 0.25) is 0 Å². The van der Waals surface area contributed by atoms with Crippen molar-refractivity contribution in [1.29, 1.82) is 0 Å². The van der Waals surface area contributed by atoms with Gasteiger partial charge in [-0.05, 0) is 51.7 Å². The summed E-state index contributed by atoms with van der Waals surface area (Å²) in [6.07, 6.45) is 2.01. The van der Waals surface area contributed by atoms with Gasteiger partial charge in [0.1, 0.15) is 4.60 Å². The van der Waals surface area contributed by atoms with Crippen molar-refractivity contribution in [3.63, 3.8) is 0 Å². The van der Waals surface area contributed by atoms with Gasteiger partial charge in [0.05, 0.1) is 6.04 Å². The van der Waals surface area contributed by atoms with Gasteiger partial charge in [0.15, 0.2) is 5.82 Å². The average Bonchev–Trinajstić information content (AvgIpc) is 2.94. The third kappa shape index (κ3) is 2.71. The summed E-state index contributed by atoms with van der Waals surface area (Å²) < 4.78 is 1.86. The Balaban J connectivity index is 1.83. The molecule has 0 radical (unpaired) electrons. The van der Waals surface area contributed by atoms with Gasteiger partial charge in [-0.15, -0.1) is 0 Å². The first-order chi connectivity index (χ1) is 9.82. The molecule has 114 valence electrons. The summed E-state index contributed by atoms with van der Waals surface area (Å²) in [5.41, 5.74) is 1.25. The smallest absolute Gasteiger partial charge is 0.260 e. The molecule has 0 spiro atoms. The maximum atomic E-state index is 12.6. The predicted octanol–water partition coefficient (Wildman–Crippen LogP) is 3.59. The molecule has 2 heterocycles. The SMILES string of the molecule is CC(C)c1ccc(Br)nc1N(Cl)C(=O)[C@@H]1C[C@@]2(C)C[C@H]2N1. The van der Waals surface area contributed by atoms with E-state index in [9.17, 15) is 4.79 Å². The number of amides is 1. The number of rotatable bonds is 3. The molecule has 1 aliphatic carbocycles. The van der Waals surface area contributed by atoms with Crippen molar-refractivity contribution in [1.82, 2.24) is 10.3 Å². The summed E-state index contributed by atoms with van der Waals surface area (Å²) >= 11 is 9.67. The zero-order chi connectivity index (χ0) is 15.4. The van der Waals surface area contributed by atoms with E-state index < -0.39 is 0 Å². The standard InChI is InChI=1S/C15H19BrClN3O/c1-8(2)9-4-5-12(16)19-13(9)20(17)14(21)10-6-15(3)7-11(15)18-10/h4-5,8,10-11,18H,6-7H2,1-3H3/t10-,11+,15-/m0/s1. The molecule has 0 unspecified atom stereocenters. The van der Waals surface area contributed by atoms with Crippen LogP contribution in [-0.4, -0.2) is 23.0 Å². The van der Waals surface area contributed by atoms with Crippen LogP contribution in [0.5, 0.6) is 0 Å². The monoisotopic (exact) mass is 371 g/mol. The molecule has 4 nitrogen and oxygen atoms in total. The molecule has 1 aromatic rings. The highest BCUT2D eigenvalue weighted by Gasteiger charge is 2.58. The maximum Gasteiger partial charge on any atom is 0.260 e. The molecule has 21 heavy (non-hydrogen) atoms. The number of anilines is 1. The summed E-state index contributed by atoms with van der Waals surface area (Å²) in [7, 11) is 0. The van der Waals surface area contributed by atoms with Gasteiger partial charge in [-0.2, -0.15) is 0 Å². The molecule has 6 heteroatoms. The number of hydrogen-bond donors (Lipinski definition) is 1. The summed E-state index contributed by atoms with van der Waals surface area (Å²) in [4.78, 5) is 17.0. The number of piperidine rings is 1. The van der Waals surface area contributed by atoms with E-state index in [1.165, 1.54) is 4.42 Å². The van der Waals surface area contributed by atoms with E-state index >= 15 is 0 Å². The zero-order valence-corrected chi connectivity index (χ0v) is 14.7. The van der Waals surface area contributed by atoms with E-state index in [1.807, 2.05) is 12.1 Å². The van der Waals surface area contributed by atoms with E-state index in [0.717, 1.165) is 18.4 Å². The Bertz CT molecular complexity index is 594. The summed E-state index contributed by atoms with van der Waals surface area (Å²) in [5.74, 6) is 0.660. The zero-order valence-electron chi connectivity index (χ0n) is 12.4. The highest BCUT2D eigenvalue weighted by atomic mass is 79.9. The number of aromatic nitrogens is 1. The molecule has 2 aliphatic rings. The van der Waals surface area contributed by atoms with Crippen LogP contribution in [-0.2, 0) is 4.79 Å². The minimum atomic E-state index is -0.202. The van der Waals surface area contributed by atoms with E-state index in [-0.39, 0.29) is 23.3 Å². The minimum Gasteiger partial charge on any atom is -0.302 e. The Labute approximate surface area is 138 Å². The van der Waals surface area contributed by atoms with Crippen LogP contribution >= 0.6 is 27.7 Å². The quantitative estimate of drug-likeness (QED) is 0.651. The van der Waals surface area contributed by atoms with Crippen molar-refractivity contribution in [2.45, 2.75) is 51.6 Å². The fraction of sp³-hybridized carbons (Fsp3) is 0.600. The number of pyridine rings is 1. The summed E-state index contributed by atoms with van der Waals surface area (Å²) in [6.45, 7) is 6.34. The van der Waals surface area contributed by atoms with Crippen molar-refractivity contribution >= 4 is 39.4 Å². The molecule has 1 aliphatic heterocycles.